The van der Waals surface area contributed by atoms with Crippen molar-refractivity contribution in [1.82, 2.24) is 0 Å². The summed E-state index contributed by atoms with van der Waals surface area (Å²) in [6.45, 7) is 2.92. The lowest BCUT2D eigenvalue weighted by Gasteiger charge is -2.23. The molecular weight excluding hydrogens is 138 g/mol. The number of hydrogen-bond donors (Lipinski definition) is 1. The first-order chi connectivity index (χ1) is 5.24. The van der Waals surface area contributed by atoms with Crippen molar-refractivity contribution < 1.29 is 4.74 Å². The number of methoxy groups -OCH3 is 1. The minimum absolute atomic E-state index is 0.242. The predicted molar refractivity (Wildman–Crippen MR) is 46.3 cm³/mol. The van der Waals surface area contributed by atoms with Crippen molar-refractivity contribution in [2.75, 3.05) is 13.7 Å². The van der Waals surface area contributed by atoms with Crippen LogP contribution in [0.3, 0.4) is 0 Å². The molecule has 0 heterocycles. The Morgan fingerprint density at radius 3 is 3.00 bits per heavy atom. The van der Waals surface area contributed by atoms with Gasteiger partial charge in [-0.3, -0.25) is 0 Å². The lowest BCUT2D eigenvalue weighted by molar-refractivity contribution is 0.216. The van der Waals surface area contributed by atoms with Crippen molar-refractivity contribution in [3.63, 3.8) is 0 Å². The van der Waals surface area contributed by atoms with Crippen LogP contribution in [0.5, 0.6) is 0 Å². The molecule has 2 nitrogen and oxygen atoms in total. The number of allylic oxidation sites excluding steroid dienone is 1. The lowest BCUT2D eigenvalue weighted by Crippen LogP contribution is -2.29. The third-order valence-electron chi connectivity index (χ3n) is 2.22. The SMILES string of the molecule is COCC1=CC(C)CCC1N. The highest BCUT2D eigenvalue weighted by Gasteiger charge is 2.16. The molecule has 0 aliphatic heterocycles. The molecule has 64 valence electrons. The maximum Gasteiger partial charge on any atom is 0.0688 e. The molecule has 0 fully saturated rings. The largest absolute Gasteiger partial charge is 0.380 e. The molecule has 2 unspecified atom stereocenters. The van der Waals surface area contributed by atoms with Crippen molar-refractivity contribution in [2.24, 2.45) is 11.7 Å². The maximum absolute atomic E-state index is 5.88. The summed E-state index contributed by atoms with van der Waals surface area (Å²) >= 11 is 0. The summed E-state index contributed by atoms with van der Waals surface area (Å²) in [7, 11) is 1.72. The Morgan fingerprint density at radius 2 is 2.36 bits per heavy atom. The van der Waals surface area contributed by atoms with E-state index in [1.54, 1.807) is 7.11 Å². The van der Waals surface area contributed by atoms with Crippen LogP contribution in [-0.2, 0) is 4.74 Å². The van der Waals surface area contributed by atoms with E-state index >= 15 is 0 Å². The van der Waals surface area contributed by atoms with Crippen molar-refractivity contribution in [1.29, 1.82) is 0 Å². The summed E-state index contributed by atoms with van der Waals surface area (Å²) in [5.74, 6) is 0.681. The molecule has 1 aliphatic carbocycles. The zero-order valence-corrected chi connectivity index (χ0v) is 7.34. The van der Waals surface area contributed by atoms with E-state index in [4.69, 9.17) is 10.5 Å². The van der Waals surface area contributed by atoms with Crippen LogP contribution in [0.15, 0.2) is 11.6 Å². The molecule has 1 aliphatic rings. The summed E-state index contributed by atoms with van der Waals surface area (Å²) in [6, 6.07) is 0.242. The summed E-state index contributed by atoms with van der Waals surface area (Å²) in [4.78, 5) is 0. The van der Waals surface area contributed by atoms with Crippen LogP contribution in [0.4, 0.5) is 0 Å². The average Bonchev–Trinajstić information content (AvgIpc) is 1.98. The fraction of sp³-hybridized carbons (Fsp3) is 0.778. The van der Waals surface area contributed by atoms with Gasteiger partial charge < -0.3 is 10.5 Å². The topological polar surface area (TPSA) is 35.2 Å². The van der Waals surface area contributed by atoms with E-state index in [0.29, 0.717) is 12.5 Å². The fourth-order valence-electron chi connectivity index (χ4n) is 1.52. The quantitative estimate of drug-likeness (QED) is 0.610. The third-order valence-corrected chi connectivity index (χ3v) is 2.22. The van der Waals surface area contributed by atoms with Crippen LogP contribution in [-0.4, -0.2) is 19.8 Å². The van der Waals surface area contributed by atoms with E-state index in [-0.39, 0.29) is 6.04 Å². The zero-order chi connectivity index (χ0) is 8.27. The number of hydrogen-bond acceptors (Lipinski definition) is 2. The molecule has 1 rings (SSSR count). The second-order valence-electron chi connectivity index (χ2n) is 3.34. The molecule has 0 radical (unpaired) electrons. The zero-order valence-electron chi connectivity index (χ0n) is 7.34. The van der Waals surface area contributed by atoms with Gasteiger partial charge in [0, 0.05) is 13.2 Å². The molecule has 0 amide bonds. The maximum atomic E-state index is 5.88. The molecular formula is C9H17NO. The average molecular weight is 155 g/mol. The van der Waals surface area contributed by atoms with E-state index in [1.165, 1.54) is 12.0 Å². The van der Waals surface area contributed by atoms with Gasteiger partial charge in [-0.05, 0) is 24.3 Å². The smallest absolute Gasteiger partial charge is 0.0688 e. The molecule has 11 heavy (non-hydrogen) atoms. The van der Waals surface area contributed by atoms with Gasteiger partial charge in [0.05, 0.1) is 6.61 Å². The Morgan fingerprint density at radius 1 is 1.64 bits per heavy atom. The number of rotatable bonds is 2. The molecule has 2 N–H and O–H groups in total. The molecule has 2 heteroatoms. The Bertz CT molecular complexity index is 154. The Balaban J connectivity index is 2.56. The minimum atomic E-state index is 0.242. The Labute approximate surface area is 68.4 Å². The van der Waals surface area contributed by atoms with Gasteiger partial charge in [0.1, 0.15) is 0 Å². The van der Waals surface area contributed by atoms with Crippen LogP contribution in [0.2, 0.25) is 0 Å². The molecule has 0 bridgehead atoms. The molecule has 0 saturated carbocycles. The minimum Gasteiger partial charge on any atom is -0.380 e. The van der Waals surface area contributed by atoms with E-state index in [0.717, 1.165) is 6.42 Å². The summed E-state index contributed by atoms with van der Waals surface area (Å²) < 4.78 is 5.05. The number of nitrogens with two attached hydrogens (primary N) is 1. The van der Waals surface area contributed by atoms with E-state index in [9.17, 15) is 0 Å². The van der Waals surface area contributed by atoms with Crippen LogP contribution < -0.4 is 5.73 Å². The molecule has 0 saturated heterocycles. The Hall–Kier alpha value is -0.340. The molecule has 0 aromatic heterocycles. The monoisotopic (exact) mass is 155 g/mol. The van der Waals surface area contributed by atoms with Crippen LogP contribution >= 0.6 is 0 Å². The van der Waals surface area contributed by atoms with Gasteiger partial charge in [-0.1, -0.05) is 13.0 Å². The second kappa shape index (κ2) is 3.88. The van der Waals surface area contributed by atoms with Gasteiger partial charge >= 0.3 is 0 Å². The van der Waals surface area contributed by atoms with Gasteiger partial charge in [0.25, 0.3) is 0 Å². The standard InChI is InChI=1S/C9H17NO/c1-7-3-4-9(10)8(5-7)6-11-2/h5,7,9H,3-4,6,10H2,1-2H3. The van der Waals surface area contributed by atoms with Gasteiger partial charge in [-0.15, -0.1) is 0 Å². The summed E-state index contributed by atoms with van der Waals surface area (Å²) in [6.07, 6.45) is 4.57. The normalized spacial score (nSPS) is 31.7. The van der Waals surface area contributed by atoms with Crippen molar-refractivity contribution in [3.05, 3.63) is 11.6 Å². The second-order valence-corrected chi connectivity index (χ2v) is 3.34. The van der Waals surface area contributed by atoms with Crippen LogP contribution in [0.1, 0.15) is 19.8 Å². The van der Waals surface area contributed by atoms with Gasteiger partial charge in [0.2, 0.25) is 0 Å². The van der Waals surface area contributed by atoms with Crippen molar-refractivity contribution in [2.45, 2.75) is 25.8 Å². The van der Waals surface area contributed by atoms with Gasteiger partial charge in [-0.25, -0.2) is 0 Å². The molecule has 0 aromatic carbocycles. The highest BCUT2D eigenvalue weighted by molar-refractivity contribution is 5.15. The van der Waals surface area contributed by atoms with E-state index in [1.807, 2.05) is 0 Å². The molecule has 2 atom stereocenters. The first-order valence-corrected chi connectivity index (χ1v) is 4.19. The van der Waals surface area contributed by atoms with E-state index in [2.05, 4.69) is 13.0 Å². The summed E-state index contributed by atoms with van der Waals surface area (Å²) in [5, 5.41) is 0. The van der Waals surface area contributed by atoms with Gasteiger partial charge in [0.15, 0.2) is 0 Å². The van der Waals surface area contributed by atoms with Crippen LogP contribution in [0.25, 0.3) is 0 Å². The highest BCUT2D eigenvalue weighted by atomic mass is 16.5. The van der Waals surface area contributed by atoms with Crippen molar-refractivity contribution in [3.8, 4) is 0 Å². The lowest BCUT2D eigenvalue weighted by atomic mass is 9.89. The summed E-state index contributed by atoms with van der Waals surface area (Å²) in [5.41, 5.74) is 7.15. The van der Waals surface area contributed by atoms with Gasteiger partial charge in [-0.2, -0.15) is 0 Å². The first kappa shape index (κ1) is 8.75. The number of ether oxygens (including phenoxy) is 1. The van der Waals surface area contributed by atoms with E-state index < -0.39 is 0 Å². The predicted octanol–water partition coefficient (Wildman–Crippen LogP) is 1.32. The first-order valence-electron chi connectivity index (χ1n) is 4.19. The third kappa shape index (κ3) is 2.31. The Kier molecular flexibility index (Phi) is 3.09. The molecule has 0 spiro atoms. The van der Waals surface area contributed by atoms with Crippen LogP contribution in [0, 0.1) is 5.92 Å². The fourth-order valence-corrected chi connectivity index (χ4v) is 1.52. The van der Waals surface area contributed by atoms with Crippen molar-refractivity contribution >= 4 is 0 Å². The molecule has 0 aromatic rings. The highest BCUT2D eigenvalue weighted by Crippen LogP contribution is 2.21.